The minimum absolute atomic E-state index is 0.0976. The fourth-order valence-corrected chi connectivity index (χ4v) is 3.76. The smallest absolute Gasteiger partial charge is 0.166 e. The third kappa shape index (κ3) is 4.37. The second-order valence-electron chi connectivity index (χ2n) is 7.38. The van der Waals surface area contributed by atoms with Gasteiger partial charge in [-0.25, -0.2) is 13.2 Å². The Balaban J connectivity index is 1.84. The Morgan fingerprint density at radius 2 is 1.81 bits per heavy atom. The summed E-state index contributed by atoms with van der Waals surface area (Å²) in [5.41, 5.74) is 1.43. The molecule has 2 aromatic rings. The third-order valence-electron chi connectivity index (χ3n) is 5.54. The highest BCUT2D eigenvalue weighted by atomic mass is 19.2. The van der Waals surface area contributed by atoms with Crippen molar-refractivity contribution in [1.29, 1.82) is 0 Å². The molecule has 146 valence electrons. The highest BCUT2D eigenvalue weighted by Gasteiger charge is 2.26. The molecule has 0 radical (unpaired) electrons. The first-order chi connectivity index (χ1) is 13.0. The summed E-state index contributed by atoms with van der Waals surface area (Å²) in [5, 5.41) is 0. The average Bonchev–Trinajstić information content (AvgIpc) is 2.69. The van der Waals surface area contributed by atoms with Crippen LogP contribution in [0.5, 0.6) is 0 Å². The fourth-order valence-electron chi connectivity index (χ4n) is 3.76. The minimum atomic E-state index is -0.911. The van der Waals surface area contributed by atoms with Gasteiger partial charge in [0.05, 0.1) is 12.7 Å². The van der Waals surface area contributed by atoms with Crippen molar-refractivity contribution in [3.63, 3.8) is 0 Å². The normalized spacial score (nSPS) is 20.0. The Kier molecular flexibility index (Phi) is 6.59. The summed E-state index contributed by atoms with van der Waals surface area (Å²) < 4.78 is 49.5. The SMILES string of the molecule is CCCCc1ccc(-c2ccc(C3CCC(CC)OC3)c(F)c2F)cc1F. The van der Waals surface area contributed by atoms with Gasteiger partial charge < -0.3 is 4.74 Å². The molecule has 0 bridgehead atoms. The van der Waals surface area contributed by atoms with Gasteiger partial charge in [-0.3, -0.25) is 0 Å². The van der Waals surface area contributed by atoms with E-state index < -0.39 is 11.6 Å². The Morgan fingerprint density at radius 1 is 1.00 bits per heavy atom. The maximum absolute atomic E-state index is 14.7. The van der Waals surface area contributed by atoms with E-state index in [2.05, 4.69) is 6.92 Å². The van der Waals surface area contributed by atoms with Crippen LogP contribution < -0.4 is 0 Å². The molecule has 1 aliphatic rings. The lowest BCUT2D eigenvalue weighted by Gasteiger charge is -2.29. The van der Waals surface area contributed by atoms with Gasteiger partial charge in [-0.2, -0.15) is 0 Å². The first-order valence-corrected chi connectivity index (χ1v) is 9.93. The van der Waals surface area contributed by atoms with Crippen LogP contribution in [-0.4, -0.2) is 12.7 Å². The topological polar surface area (TPSA) is 9.23 Å². The molecule has 2 unspecified atom stereocenters. The van der Waals surface area contributed by atoms with Crippen molar-refractivity contribution < 1.29 is 17.9 Å². The molecule has 1 nitrogen and oxygen atoms in total. The molecule has 0 amide bonds. The molecule has 0 N–H and O–H groups in total. The van der Waals surface area contributed by atoms with Crippen LogP contribution in [0.4, 0.5) is 13.2 Å². The van der Waals surface area contributed by atoms with E-state index in [0.29, 0.717) is 29.7 Å². The molecule has 0 spiro atoms. The largest absolute Gasteiger partial charge is 0.378 e. The zero-order valence-corrected chi connectivity index (χ0v) is 16.0. The fraction of sp³-hybridized carbons (Fsp3) is 0.478. The lowest BCUT2D eigenvalue weighted by Crippen LogP contribution is -2.24. The molecular formula is C23H27F3O. The lowest BCUT2D eigenvalue weighted by atomic mass is 9.89. The number of hydrogen-bond acceptors (Lipinski definition) is 1. The minimum Gasteiger partial charge on any atom is -0.378 e. The van der Waals surface area contributed by atoms with Crippen LogP contribution in [-0.2, 0) is 11.2 Å². The summed E-state index contributed by atoms with van der Waals surface area (Å²) in [7, 11) is 0. The van der Waals surface area contributed by atoms with E-state index in [0.717, 1.165) is 32.1 Å². The number of halogens is 3. The second kappa shape index (κ2) is 8.92. The molecule has 1 aliphatic heterocycles. The van der Waals surface area contributed by atoms with Crippen molar-refractivity contribution in [2.75, 3.05) is 6.61 Å². The Labute approximate surface area is 159 Å². The molecular weight excluding hydrogens is 349 g/mol. The first kappa shape index (κ1) is 19.9. The lowest BCUT2D eigenvalue weighted by molar-refractivity contribution is 0.00131. The van der Waals surface area contributed by atoms with Gasteiger partial charge in [0.15, 0.2) is 11.6 Å². The first-order valence-electron chi connectivity index (χ1n) is 9.93. The summed E-state index contributed by atoms with van der Waals surface area (Å²) in [5.74, 6) is -2.25. The van der Waals surface area contributed by atoms with Crippen LogP contribution in [0.2, 0.25) is 0 Å². The van der Waals surface area contributed by atoms with Gasteiger partial charge in [-0.05, 0) is 54.9 Å². The maximum Gasteiger partial charge on any atom is 0.166 e. The molecule has 2 atom stereocenters. The van der Waals surface area contributed by atoms with Crippen molar-refractivity contribution >= 4 is 0 Å². The van der Waals surface area contributed by atoms with E-state index in [-0.39, 0.29) is 23.4 Å². The summed E-state index contributed by atoms with van der Waals surface area (Å²) in [6.45, 7) is 4.52. The van der Waals surface area contributed by atoms with Crippen molar-refractivity contribution in [1.82, 2.24) is 0 Å². The number of aryl methyl sites for hydroxylation is 1. The molecule has 0 aliphatic carbocycles. The summed E-state index contributed by atoms with van der Waals surface area (Å²) in [6, 6.07) is 7.82. The summed E-state index contributed by atoms with van der Waals surface area (Å²) >= 11 is 0. The van der Waals surface area contributed by atoms with Crippen molar-refractivity contribution in [3.05, 3.63) is 58.9 Å². The summed E-state index contributed by atoms with van der Waals surface area (Å²) in [4.78, 5) is 0. The predicted molar refractivity (Wildman–Crippen MR) is 102 cm³/mol. The van der Waals surface area contributed by atoms with Crippen LogP contribution in [0.3, 0.4) is 0 Å². The molecule has 4 heteroatoms. The predicted octanol–water partition coefficient (Wildman–Crippen LogP) is 6.79. The van der Waals surface area contributed by atoms with E-state index in [9.17, 15) is 13.2 Å². The molecule has 1 heterocycles. The summed E-state index contributed by atoms with van der Waals surface area (Å²) in [6.07, 6.45) is 5.32. The zero-order valence-electron chi connectivity index (χ0n) is 16.0. The quantitative estimate of drug-likeness (QED) is 0.539. The molecule has 3 rings (SSSR count). The average molecular weight is 376 g/mol. The van der Waals surface area contributed by atoms with Gasteiger partial charge in [-0.15, -0.1) is 0 Å². The highest BCUT2D eigenvalue weighted by molar-refractivity contribution is 5.65. The van der Waals surface area contributed by atoms with Crippen molar-refractivity contribution in [2.24, 2.45) is 0 Å². The van der Waals surface area contributed by atoms with E-state index >= 15 is 0 Å². The third-order valence-corrected chi connectivity index (χ3v) is 5.54. The van der Waals surface area contributed by atoms with Gasteiger partial charge in [0.1, 0.15) is 5.82 Å². The molecule has 1 saturated heterocycles. The van der Waals surface area contributed by atoms with Gasteiger partial charge in [0.2, 0.25) is 0 Å². The van der Waals surface area contributed by atoms with Gasteiger partial charge in [0, 0.05) is 11.5 Å². The molecule has 2 aromatic carbocycles. The standard InChI is InChI=1S/C23H27F3O/c1-3-5-6-15-7-8-16(13-21(15)24)19-11-12-20(23(26)22(19)25)17-9-10-18(4-2)27-14-17/h7-8,11-13,17-18H,3-6,9-10,14H2,1-2H3. The molecule has 0 saturated carbocycles. The Hall–Kier alpha value is -1.81. The number of unbranched alkanes of at least 4 members (excludes halogenated alkanes) is 1. The van der Waals surface area contributed by atoms with Crippen LogP contribution in [0.15, 0.2) is 30.3 Å². The van der Waals surface area contributed by atoms with Crippen LogP contribution >= 0.6 is 0 Å². The molecule has 1 fully saturated rings. The van der Waals surface area contributed by atoms with Gasteiger partial charge in [-0.1, -0.05) is 44.5 Å². The maximum atomic E-state index is 14.7. The Bertz CT molecular complexity index is 779. The number of hydrogen-bond donors (Lipinski definition) is 0. The van der Waals surface area contributed by atoms with Gasteiger partial charge in [0.25, 0.3) is 0 Å². The van der Waals surface area contributed by atoms with Crippen LogP contribution in [0.1, 0.15) is 63.0 Å². The number of rotatable bonds is 6. The monoisotopic (exact) mass is 376 g/mol. The van der Waals surface area contributed by atoms with Crippen LogP contribution in [0.25, 0.3) is 11.1 Å². The number of ether oxygens (including phenoxy) is 1. The van der Waals surface area contributed by atoms with Gasteiger partial charge >= 0.3 is 0 Å². The van der Waals surface area contributed by atoms with E-state index in [4.69, 9.17) is 4.74 Å². The Morgan fingerprint density at radius 3 is 2.44 bits per heavy atom. The van der Waals surface area contributed by atoms with Crippen LogP contribution in [0, 0.1) is 17.5 Å². The highest BCUT2D eigenvalue weighted by Crippen LogP contribution is 2.35. The second-order valence-corrected chi connectivity index (χ2v) is 7.38. The molecule has 27 heavy (non-hydrogen) atoms. The van der Waals surface area contributed by atoms with Crippen molar-refractivity contribution in [3.8, 4) is 11.1 Å². The number of benzene rings is 2. The molecule has 0 aromatic heterocycles. The zero-order chi connectivity index (χ0) is 19.4. The van der Waals surface area contributed by atoms with E-state index in [1.165, 1.54) is 6.07 Å². The van der Waals surface area contributed by atoms with E-state index in [1.54, 1.807) is 24.3 Å². The van der Waals surface area contributed by atoms with E-state index in [1.807, 2.05) is 6.92 Å². The van der Waals surface area contributed by atoms with Crippen molar-refractivity contribution in [2.45, 2.75) is 64.4 Å².